The second kappa shape index (κ2) is 4.26. The number of halogens is 1. The molecule has 0 radical (unpaired) electrons. The van der Waals surface area contributed by atoms with E-state index in [1.165, 1.54) is 18.9 Å². The molecule has 0 N–H and O–H groups in total. The summed E-state index contributed by atoms with van der Waals surface area (Å²) in [5, 5.41) is 0. The molecule has 0 atom stereocenters. The molecule has 0 unspecified atom stereocenters. The molecule has 1 aliphatic rings. The van der Waals surface area contributed by atoms with Gasteiger partial charge in [0.15, 0.2) is 0 Å². The van der Waals surface area contributed by atoms with Gasteiger partial charge in [0.05, 0.1) is 6.61 Å². The van der Waals surface area contributed by atoms with E-state index in [0.29, 0.717) is 18.3 Å². The van der Waals surface area contributed by atoms with Gasteiger partial charge in [0, 0.05) is 6.08 Å². The third-order valence-corrected chi connectivity index (χ3v) is 1.88. The molecule has 1 rings (SSSR count). The second-order valence-corrected chi connectivity index (χ2v) is 3.49. The molecule has 0 amide bonds. The molecular formula is C11H15FO. The molecule has 0 aromatic carbocycles. The highest BCUT2D eigenvalue weighted by molar-refractivity contribution is 5.26. The molecule has 1 saturated carbocycles. The Kier molecular flexibility index (Phi) is 3.29. The quantitative estimate of drug-likeness (QED) is 0.468. The van der Waals surface area contributed by atoms with Crippen LogP contribution in [0.5, 0.6) is 0 Å². The molecule has 0 bridgehead atoms. The third-order valence-electron chi connectivity index (χ3n) is 1.88. The van der Waals surface area contributed by atoms with E-state index in [4.69, 9.17) is 4.74 Å². The number of rotatable bonds is 5. The van der Waals surface area contributed by atoms with E-state index in [-0.39, 0.29) is 0 Å². The molecule has 0 aromatic heterocycles. The highest BCUT2D eigenvalue weighted by Crippen LogP contribution is 2.30. The zero-order valence-corrected chi connectivity index (χ0v) is 7.98. The van der Waals surface area contributed by atoms with Crippen molar-refractivity contribution in [3.05, 3.63) is 36.4 Å². The Hall–Kier alpha value is -1.05. The fraction of sp³-hybridized carbons (Fsp3) is 0.455. The van der Waals surface area contributed by atoms with Crippen molar-refractivity contribution in [1.29, 1.82) is 0 Å². The van der Waals surface area contributed by atoms with Crippen molar-refractivity contribution < 1.29 is 9.13 Å². The average Bonchev–Trinajstić information content (AvgIpc) is 2.79. The van der Waals surface area contributed by atoms with Crippen molar-refractivity contribution >= 4 is 0 Å². The minimum Gasteiger partial charge on any atom is -0.493 e. The van der Waals surface area contributed by atoms with E-state index in [9.17, 15) is 4.39 Å². The molecule has 0 saturated heterocycles. The third kappa shape index (κ3) is 3.92. The lowest BCUT2D eigenvalue weighted by molar-refractivity contribution is 0.206. The van der Waals surface area contributed by atoms with Gasteiger partial charge >= 0.3 is 0 Å². The smallest absolute Gasteiger partial charge is 0.124 e. The van der Waals surface area contributed by atoms with Crippen LogP contribution in [0.15, 0.2) is 36.4 Å². The fourth-order valence-electron chi connectivity index (χ4n) is 0.922. The lowest BCUT2D eigenvalue weighted by Crippen LogP contribution is -1.97. The highest BCUT2D eigenvalue weighted by atomic mass is 19.1. The van der Waals surface area contributed by atoms with Crippen LogP contribution in [0.3, 0.4) is 0 Å². The van der Waals surface area contributed by atoms with Gasteiger partial charge in [0.1, 0.15) is 11.6 Å². The van der Waals surface area contributed by atoms with Crippen LogP contribution in [-0.4, -0.2) is 6.61 Å². The minimum atomic E-state index is -0.492. The van der Waals surface area contributed by atoms with Crippen molar-refractivity contribution in [2.75, 3.05) is 6.61 Å². The van der Waals surface area contributed by atoms with E-state index in [1.807, 2.05) is 0 Å². The Labute approximate surface area is 78.6 Å². The van der Waals surface area contributed by atoms with Crippen LogP contribution >= 0.6 is 0 Å². The zero-order valence-electron chi connectivity index (χ0n) is 7.98. The van der Waals surface area contributed by atoms with Gasteiger partial charge in [-0.15, -0.1) is 0 Å². The molecule has 0 aliphatic heterocycles. The molecule has 13 heavy (non-hydrogen) atoms. The Morgan fingerprint density at radius 3 is 2.54 bits per heavy atom. The summed E-state index contributed by atoms with van der Waals surface area (Å²) in [6.07, 6.45) is 3.73. The van der Waals surface area contributed by atoms with Crippen molar-refractivity contribution in [2.45, 2.75) is 19.8 Å². The van der Waals surface area contributed by atoms with Crippen LogP contribution < -0.4 is 0 Å². The molecule has 72 valence electrons. The van der Waals surface area contributed by atoms with Gasteiger partial charge in [-0.05, 0) is 31.3 Å². The van der Waals surface area contributed by atoms with Crippen molar-refractivity contribution in [2.24, 2.45) is 5.92 Å². The number of hydrogen-bond donors (Lipinski definition) is 0. The predicted octanol–water partition coefficient (Wildman–Crippen LogP) is 3.36. The Balaban J connectivity index is 2.45. The van der Waals surface area contributed by atoms with Gasteiger partial charge in [-0.25, -0.2) is 4.39 Å². The maximum Gasteiger partial charge on any atom is 0.124 e. The average molecular weight is 182 g/mol. The van der Waals surface area contributed by atoms with Crippen LogP contribution in [-0.2, 0) is 4.74 Å². The first-order valence-electron chi connectivity index (χ1n) is 4.44. The first-order chi connectivity index (χ1) is 6.09. The maximum absolute atomic E-state index is 12.5. The van der Waals surface area contributed by atoms with Crippen LogP contribution in [0.25, 0.3) is 0 Å². The summed E-state index contributed by atoms with van der Waals surface area (Å²) in [7, 11) is 0. The van der Waals surface area contributed by atoms with Crippen molar-refractivity contribution in [1.82, 2.24) is 0 Å². The lowest BCUT2D eigenvalue weighted by atomic mass is 10.2. The van der Waals surface area contributed by atoms with Gasteiger partial charge in [0.25, 0.3) is 0 Å². The summed E-state index contributed by atoms with van der Waals surface area (Å²) in [5.41, 5.74) is 0.736. The lowest BCUT2D eigenvalue weighted by Gasteiger charge is -2.08. The minimum absolute atomic E-state index is 0.492. The van der Waals surface area contributed by atoms with E-state index in [2.05, 4.69) is 13.2 Å². The molecular weight excluding hydrogens is 167 g/mol. The number of ether oxygens (including phenoxy) is 1. The predicted molar refractivity (Wildman–Crippen MR) is 51.8 cm³/mol. The van der Waals surface area contributed by atoms with E-state index >= 15 is 0 Å². The topological polar surface area (TPSA) is 9.23 Å². The van der Waals surface area contributed by atoms with Crippen molar-refractivity contribution in [3.63, 3.8) is 0 Å². The summed E-state index contributed by atoms with van der Waals surface area (Å²) in [5.74, 6) is 0.684. The monoisotopic (exact) mass is 182 g/mol. The highest BCUT2D eigenvalue weighted by Gasteiger charge is 2.22. The number of allylic oxidation sites excluding steroid dienone is 3. The molecule has 0 aromatic rings. The number of hydrogen-bond acceptors (Lipinski definition) is 1. The second-order valence-electron chi connectivity index (χ2n) is 3.49. The Morgan fingerprint density at radius 2 is 2.15 bits per heavy atom. The van der Waals surface area contributed by atoms with Gasteiger partial charge < -0.3 is 4.74 Å². The standard InChI is InChI=1S/C11H15FO/c1-8(2)11(6-9(3)12)13-7-10-4-5-10/h6,10H,1,3-5,7H2,2H3/b11-6+. The van der Waals surface area contributed by atoms with Gasteiger partial charge in [0.2, 0.25) is 0 Å². The summed E-state index contributed by atoms with van der Waals surface area (Å²) >= 11 is 0. The van der Waals surface area contributed by atoms with Gasteiger partial charge in [-0.1, -0.05) is 13.2 Å². The molecule has 2 heteroatoms. The molecule has 1 fully saturated rings. The van der Waals surface area contributed by atoms with E-state index in [1.54, 1.807) is 6.92 Å². The largest absolute Gasteiger partial charge is 0.493 e. The van der Waals surface area contributed by atoms with Gasteiger partial charge in [-0.2, -0.15) is 0 Å². The first kappa shape index (κ1) is 10.0. The summed E-state index contributed by atoms with van der Waals surface area (Å²) in [4.78, 5) is 0. The fourth-order valence-corrected chi connectivity index (χ4v) is 0.922. The van der Waals surface area contributed by atoms with Crippen LogP contribution in [0.2, 0.25) is 0 Å². The van der Waals surface area contributed by atoms with Crippen LogP contribution in [0, 0.1) is 5.92 Å². The molecule has 1 nitrogen and oxygen atoms in total. The normalized spacial score (nSPS) is 16.9. The Bertz CT molecular complexity index is 249. The molecule has 0 heterocycles. The van der Waals surface area contributed by atoms with Crippen molar-refractivity contribution in [3.8, 4) is 0 Å². The van der Waals surface area contributed by atoms with Gasteiger partial charge in [-0.3, -0.25) is 0 Å². The first-order valence-corrected chi connectivity index (χ1v) is 4.44. The maximum atomic E-state index is 12.5. The van der Waals surface area contributed by atoms with Crippen LogP contribution in [0.1, 0.15) is 19.8 Å². The summed E-state index contributed by atoms with van der Waals surface area (Å²) < 4.78 is 17.9. The summed E-state index contributed by atoms with van der Waals surface area (Å²) in [6.45, 7) is 9.33. The van der Waals surface area contributed by atoms with E-state index in [0.717, 1.165) is 5.57 Å². The Morgan fingerprint density at radius 1 is 1.54 bits per heavy atom. The SMILES string of the molecule is C=C(F)/C=C(/OCC1CC1)C(=C)C. The van der Waals surface area contributed by atoms with E-state index < -0.39 is 5.83 Å². The molecule has 1 aliphatic carbocycles. The summed E-state index contributed by atoms with van der Waals surface area (Å²) in [6, 6.07) is 0. The van der Waals surface area contributed by atoms with Crippen LogP contribution in [0.4, 0.5) is 4.39 Å². The molecule has 0 spiro atoms. The zero-order chi connectivity index (χ0) is 9.84.